The van der Waals surface area contributed by atoms with Gasteiger partial charge in [0.25, 0.3) is 0 Å². The molecule has 0 atom stereocenters. The zero-order valence-corrected chi connectivity index (χ0v) is 15.5. The van der Waals surface area contributed by atoms with Crippen molar-refractivity contribution in [1.29, 1.82) is 0 Å². The van der Waals surface area contributed by atoms with Gasteiger partial charge in [0.2, 0.25) is 0 Å². The molecule has 0 fully saturated rings. The van der Waals surface area contributed by atoms with E-state index in [-0.39, 0.29) is 0 Å². The fourth-order valence-electron chi connectivity index (χ4n) is 3.74. The van der Waals surface area contributed by atoms with E-state index in [2.05, 4.69) is 47.4 Å². The molecule has 4 nitrogen and oxygen atoms in total. The Morgan fingerprint density at radius 2 is 1.14 bits per heavy atom. The highest BCUT2D eigenvalue weighted by atomic mass is 14.9. The Morgan fingerprint density at radius 3 is 1.90 bits per heavy atom. The third-order valence-electron chi connectivity index (χ3n) is 5.22. The highest BCUT2D eigenvalue weighted by molar-refractivity contribution is 6.04. The van der Waals surface area contributed by atoms with Crippen LogP contribution in [0.1, 0.15) is 0 Å². The number of nitrogens with zero attached hydrogens (tertiary/aromatic N) is 3. The van der Waals surface area contributed by atoms with Gasteiger partial charge in [-0.2, -0.15) is 0 Å². The van der Waals surface area contributed by atoms with Crippen LogP contribution < -0.4 is 0 Å². The van der Waals surface area contributed by atoms with E-state index in [9.17, 15) is 0 Å². The maximum Gasteiger partial charge on any atom is 0.157 e. The summed E-state index contributed by atoms with van der Waals surface area (Å²) >= 11 is 0. The lowest BCUT2D eigenvalue weighted by atomic mass is 10.1. The molecule has 0 bridgehead atoms. The van der Waals surface area contributed by atoms with Gasteiger partial charge in [-0.25, -0.2) is 15.0 Å². The van der Waals surface area contributed by atoms with Crippen molar-refractivity contribution in [2.24, 2.45) is 0 Å². The molecule has 0 aliphatic heterocycles. The van der Waals surface area contributed by atoms with Crippen LogP contribution in [-0.2, 0) is 0 Å². The van der Waals surface area contributed by atoms with E-state index in [1.165, 1.54) is 0 Å². The lowest BCUT2D eigenvalue weighted by molar-refractivity contribution is 1.27. The number of pyridine rings is 2. The molecule has 3 aromatic heterocycles. The van der Waals surface area contributed by atoms with Crippen LogP contribution in [0.3, 0.4) is 0 Å². The molecule has 0 aliphatic carbocycles. The Kier molecular flexibility index (Phi) is 3.43. The first kappa shape index (κ1) is 16.0. The number of benzene rings is 3. The van der Waals surface area contributed by atoms with Gasteiger partial charge in [0, 0.05) is 16.3 Å². The zero-order valence-electron chi connectivity index (χ0n) is 15.5. The molecule has 0 unspecified atom stereocenters. The summed E-state index contributed by atoms with van der Waals surface area (Å²) in [6, 6.07) is 30.7. The van der Waals surface area contributed by atoms with Gasteiger partial charge in [-0.15, -0.1) is 0 Å². The lowest BCUT2D eigenvalue weighted by Gasteiger charge is -2.07. The second-order valence-electron chi connectivity index (χ2n) is 7.07. The summed E-state index contributed by atoms with van der Waals surface area (Å²) in [6.45, 7) is 0. The third kappa shape index (κ3) is 2.65. The number of hydrogen-bond donors (Lipinski definition) is 1. The molecule has 1 N–H and O–H groups in total. The average molecular weight is 372 g/mol. The molecule has 3 aromatic carbocycles. The minimum atomic E-state index is 0.768. The predicted molar refractivity (Wildman–Crippen MR) is 118 cm³/mol. The van der Waals surface area contributed by atoms with Crippen molar-refractivity contribution in [3.05, 3.63) is 91.0 Å². The van der Waals surface area contributed by atoms with Crippen LogP contribution >= 0.6 is 0 Å². The lowest BCUT2D eigenvalue weighted by Crippen LogP contribution is -1.91. The quantitative estimate of drug-likeness (QED) is 0.380. The largest absolute Gasteiger partial charge is 0.337 e. The van der Waals surface area contributed by atoms with Gasteiger partial charge in [-0.3, -0.25) is 0 Å². The minimum absolute atomic E-state index is 0.768. The molecule has 0 radical (unpaired) electrons. The summed E-state index contributed by atoms with van der Waals surface area (Å²) in [5, 5.41) is 2.14. The van der Waals surface area contributed by atoms with Gasteiger partial charge in [-0.05, 0) is 24.3 Å². The van der Waals surface area contributed by atoms with Crippen LogP contribution in [0, 0.1) is 0 Å². The predicted octanol–water partition coefficient (Wildman–Crippen LogP) is 5.99. The van der Waals surface area contributed by atoms with Gasteiger partial charge in [-0.1, -0.05) is 66.7 Å². The molecule has 6 rings (SSSR count). The first-order chi connectivity index (χ1) is 14.3. The molecule has 0 saturated carbocycles. The second-order valence-corrected chi connectivity index (χ2v) is 7.07. The number of rotatable bonds is 2. The Hall–Kier alpha value is -4.05. The summed E-state index contributed by atoms with van der Waals surface area (Å²) < 4.78 is 0. The first-order valence-electron chi connectivity index (χ1n) is 9.56. The maximum atomic E-state index is 4.96. The van der Waals surface area contributed by atoms with Crippen molar-refractivity contribution in [3.63, 3.8) is 0 Å². The molecule has 6 aromatic rings. The SMILES string of the molecule is c1ccc(-c2ccc3ccc4ccc(-c5nc6ccccc6[nH]5)nc4c3n2)cc1. The Balaban J connectivity index is 1.58. The number of nitrogens with one attached hydrogen (secondary N) is 1. The average Bonchev–Trinajstić information content (AvgIpc) is 3.23. The van der Waals surface area contributed by atoms with Gasteiger partial charge < -0.3 is 4.98 Å². The van der Waals surface area contributed by atoms with E-state index in [0.29, 0.717) is 0 Å². The minimum Gasteiger partial charge on any atom is -0.337 e. The van der Waals surface area contributed by atoms with Crippen LogP contribution in [0.5, 0.6) is 0 Å². The molecular weight excluding hydrogens is 356 g/mol. The maximum absolute atomic E-state index is 4.96. The molecule has 3 heterocycles. The number of fused-ring (bicyclic) bond motifs is 4. The monoisotopic (exact) mass is 372 g/mol. The van der Waals surface area contributed by atoms with Crippen LogP contribution in [0.15, 0.2) is 91.0 Å². The molecule has 0 saturated heterocycles. The number of hydrogen-bond acceptors (Lipinski definition) is 3. The Morgan fingerprint density at radius 1 is 0.517 bits per heavy atom. The summed E-state index contributed by atoms with van der Waals surface area (Å²) in [7, 11) is 0. The highest BCUT2D eigenvalue weighted by Crippen LogP contribution is 2.28. The van der Waals surface area contributed by atoms with E-state index in [1.54, 1.807) is 0 Å². The van der Waals surface area contributed by atoms with Gasteiger partial charge in [0.05, 0.1) is 27.8 Å². The summed E-state index contributed by atoms with van der Waals surface area (Å²) in [6.07, 6.45) is 0. The molecule has 0 aliphatic rings. The van der Waals surface area contributed by atoms with Crippen LogP contribution in [0.25, 0.3) is 55.6 Å². The molecule has 4 heteroatoms. The van der Waals surface area contributed by atoms with Gasteiger partial charge in [0.1, 0.15) is 5.69 Å². The van der Waals surface area contributed by atoms with Crippen molar-refractivity contribution in [1.82, 2.24) is 19.9 Å². The van der Waals surface area contributed by atoms with Crippen LogP contribution in [0.2, 0.25) is 0 Å². The number of para-hydroxylation sites is 2. The standard InChI is InChI=1S/C25H16N4/c1-2-6-16(7-3-1)19-14-12-17-10-11-18-13-15-22(27-24(18)23(17)26-19)25-28-20-8-4-5-9-21(20)29-25/h1-15H,(H,28,29). The van der Waals surface area contributed by atoms with Crippen LogP contribution in [0.4, 0.5) is 0 Å². The normalized spacial score (nSPS) is 11.4. The highest BCUT2D eigenvalue weighted by Gasteiger charge is 2.10. The number of aromatic amines is 1. The van der Waals surface area contributed by atoms with E-state index >= 15 is 0 Å². The summed E-state index contributed by atoms with van der Waals surface area (Å²) in [5.41, 5.74) is 6.59. The molecule has 0 amide bonds. The fourth-order valence-corrected chi connectivity index (χ4v) is 3.74. The molecular formula is C25H16N4. The zero-order chi connectivity index (χ0) is 19.2. The summed E-state index contributed by atoms with van der Waals surface area (Å²) in [4.78, 5) is 18.0. The Bertz CT molecular complexity index is 1470. The fraction of sp³-hybridized carbons (Fsp3) is 0. The molecule has 0 spiro atoms. The van der Waals surface area contributed by atoms with E-state index in [1.807, 2.05) is 48.5 Å². The van der Waals surface area contributed by atoms with Crippen molar-refractivity contribution in [2.45, 2.75) is 0 Å². The number of aromatic nitrogens is 4. The second kappa shape index (κ2) is 6.24. The number of imidazole rings is 1. The van der Waals surface area contributed by atoms with E-state index in [4.69, 9.17) is 15.0 Å². The smallest absolute Gasteiger partial charge is 0.157 e. The topological polar surface area (TPSA) is 54.5 Å². The first-order valence-corrected chi connectivity index (χ1v) is 9.56. The summed E-state index contributed by atoms with van der Waals surface area (Å²) in [5.74, 6) is 0.768. The van der Waals surface area contributed by atoms with Crippen molar-refractivity contribution < 1.29 is 0 Å². The molecule has 136 valence electrons. The Labute approximate surface area is 166 Å². The van der Waals surface area contributed by atoms with E-state index < -0.39 is 0 Å². The van der Waals surface area contributed by atoms with Crippen molar-refractivity contribution in [2.75, 3.05) is 0 Å². The molecule has 29 heavy (non-hydrogen) atoms. The van der Waals surface area contributed by atoms with E-state index in [0.717, 1.165) is 55.6 Å². The van der Waals surface area contributed by atoms with Gasteiger partial charge >= 0.3 is 0 Å². The van der Waals surface area contributed by atoms with Gasteiger partial charge in [0.15, 0.2) is 5.82 Å². The third-order valence-corrected chi connectivity index (χ3v) is 5.22. The number of H-pyrrole nitrogens is 1. The van der Waals surface area contributed by atoms with Crippen LogP contribution in [-0.4, -0.2) is 19.9 Å². The van der Waals surface area contributed by atoms with Crippen molar-refractivity contribution >= 4 is 32.8 Å². The van der Waals surface area contributed by atoms with Crippen molar-refractivity contribution in [3.8, 4) is 22.8 Å².